The van der Waals surface area contributed by atoms with Crippen molar-refractivity contribution in [1.29, 1.82) is 0 Å². The number of fused-ring (bicyclic) bond motifs is 3. The lowest BCUT2D eigenvalue weighted by Gasteiger charge is -2.10. The van der Waals surface area contributed by atoms with Gasteiger partial charge in [0.25, 0.3) is 5.56 Å². The van der Waals surface area contributed by atoms with Crippen LogP contribution in [0.3, 0.4) is 0 Å². The summed E-state index contributed by atoms with van der Waals surface area (Å²) in [6.45, 7) is 6.69. The number of hydrogen-bond acceptors (Lipinski definition) is 4. The number of para-hydroxylation sites is 1. The van der Waals surface area contributed by atoms with Crippen LogP contribution in [0.15, 0.2) is 76.2 Å². The quantitative estimate of drug-likeness (QED) is 0.384. The lowest BCUT2D eigenvalue weighted by atomic mass is 10.0. The number of aryl methyl sites for hydroxylation is 3. The SMILES string of the molecule is CCn1c(=O)c2c(-c3ccncc3)c(Nc3ccc(C)cc3C)oc2c2ccccc21. The van der Waals surface area contributed by atoms with E-state index in [1.807, 2.05) is 49.4 Å². The van der Waals surface area contributed by atoms with Crippen molar-refractivity contribution in [3.05, 3.63) is 88.5 Å². The van der Waals surface area contributed by atoms with E-state index in [1.54, 1.807) is 17.0 Å². The van der Waals surface area contributed by atoms with Gasteiger partial charge < -0.3 is 14.3 Å². The monoisotopic (exact) mass is 409 g/mol. The van der Waals surface area contributed by atoms with Gasteiger partial charge in [0.05, 0.1) is 16.5 Å². The molecule has 0 aliphatic heterocycles. The molecular formula is C26H23N3O2. The van der Waals surface area contributed by atoms with Gasteiger partial charge in [0.15, 0.2) is 5.58 Å². The van der Waals surface area contributed by atoms with Crippen LogP contribution in [0, 0.1) is 13.8 Å². The van der Waals surface area contributed by atoms with Crippen molar-refractivity contribution in [1.82, 2.24) is 9.55 Å². The molecule has 0 atom stereocenters. The summed E-state index contributed by atoms with van der Waals surface area (Å²) in [6, 6.07) is 17.9. The van der Waals surface area contributed by atoms with E-state index in [4.69, 9.17) is 4.42 Å². The van der Waals surface area contributed by atoms with Crippen LogP contribution in [0.2, 0.25) is 0 Å². The molecule has 0 bridgehead atoms. The van der Waals surface area contributed by atoms with Crippen molar-refractivity contribution in [2.45, 2.75) is 27.3 Å². The van der Waals surface area contributed by atoms with Crippen LogP contribution < -0.4 is 10.9 Å². The average molecular weight is 409 g/mol. The molecule has 0 fully saturated rings. The first kappa shape index (κ1) is 19.1. The van der Waals surface area contributed by atoms with Crippen LogP contribution in [0.1, 0.15) is 18.1 Å². The molecule has 0 saturated carbocycles. The smallest absolute Gasteiger partial charge is 0.262 e. The number of anilines is 2. The Balaban J connectivity index is 1.88. The molecular weight excluding hydrogens is 386 g/mol. The Labute approximate surface area is 180 Å². The summed E-state index contributed by atoms with van der Waals surface area (Å²) in [5, 5.41) is 4.95. The summed E-state index contributed by atoms with van der Waals surface area (Å²) in [4.78, 5) is 17.7. The van der Waals surface area contributed by atoms with Gasteiger partial charge in [-0.2, -0.15) is 0 Å². The standard InChI is InChI=1S/C26H23N3O2/c1-4-29-21-8-6-5-7-19(21)24-23(26(29)30)22(18-11-13-27-14-12-18)25(31-24)28-20-10-9-16(2)15-17(20)3/h5-15,28H,4H2,1-3H3. The fraction of sp³-hybridized carbons (Fsp3) is 0.154. The van der Waals surface area contributed by atoms with E-state index in [-0.39, 0.29) is 5.56 Å². The van der Waals surface area contributed by atoms with E-state index in [2.05, 4.69) is 36.3 Å². The number of aromatic nitrogens is 2. The van der Waals surface area contributed by atoms with Crippen LogP contribution in [-0.4, -0.2) is 9.55 Å². The molecule has 5 rings (SSSR count). The molecule has 5 aromatic rings. The molecule has 0 spiro atoms. The minimum atomic E-state index is -0.0551. The second-order valence-corrected chi connectivity index (χ2v) is 7.76. The predicted octanol–water partition coefficient (Wildman–Crippen LogP) is 6.19. The van der Waals surface area contributed by atoms with Crippen molar-refractivity contribution in [2.24, 2.45) is 0 Å². The number of nitrogens with zero attached hydrogens (tertiary/aromatic N) is 2. The van der Waals surface area contributed by atoms with Gasteiger partial charge in [-0.15, -0.1) is 0 Å². The van der Waals surface area contributed by atoms with E-state index >= 15 is 0 Å². The Morgan fingerprint density at radius 2 is 1.81 bits per heavy atom. The van der Waals surface area contributed by atoms with Crippen molar-refractivity contribution in [2.75, 3.05) is 5.32 Å². The van der Waals surface area contributed by atoms with Crippen LogP contribution in [0.4, 0.5) is 11.6 Å². The Hall–Kier alpha value is -3.86. The zero-order valence-corrected chi connectivity index (χ0v) is 17.8. The fourth-order valence-electron chi connectivity index (χ4n) is 4.24. The number of furan rings is 1. The molecule has 0 aliphatic carbocycles. The Kier molecular flexibility index (Phi) is 4.59. The van der Waals surface area contributed by atoms with Gasteiger partial charge in [0.2, 0.25) is 5.88 Å². The molecule has 0 saturated heterocycles. The van der Waals surface area contributed by atoms with E-state index < -0.39 is 0 Å². The maximum atomic E-state index is 13.6. The third-order valence-corrected chi connectivity index (χ3v) is 5.72. The van der Waals surface area contributed by atoms with Crippen molar-refractivity contribution in [3.8, 4) is 11.1 Å². The van der Waals surface area contributed by atoms with Crippen LogP contribution in [-0.2, 0) is 6.54 Å². The second kappa shape index (κ2) is 7.43. The minimum Gasteiger partial charge on any atom is -0.439 e. The molecule has 3 heterocycles. The van der Waals surface area contributed by atoms with Gasteiger partial charge in [-0.05, 0) is 62.2 Å². The Morgan fingerprint density at radius 3 is 2.55 bits per heavy atom. The maximum Gasteiger partial charge on any atom is 0.262 e. The molecule has 0 unspecified atom stereocenters. The fourth-order valence-corrected chi connectivity index (χ4v) is 4.24. The van der Waals surface area contributed by atoms with E-state index in [9.17, 15) is 4.79 Å². The molecule has 0 amide bonds. The molecule has 0 radical (unpaired) electrons. The maximum absolute atomic E-state index is 13.6. The molecule has 0 aliphatic rings. The highest BCUT2D eigenvalue weighted by Crippen LogP contribution is 2.41. The van der Waals surface area contributed by atoms with Crippen molar-refractivity contribution < 1.29 is 4.42 Å². The van der Waals surface area contributed by atoms with Crippen LogP contribution in [0.5, 0.6) is 0 Å². The molecule has 5 heteroatoms. The second-order valence-electron chi connectivity index (χ2n) is 7.76. The Morgan fingerprint density at radius 1 is 1.03 bits per heavy atom. The summed E-state index contributed by atoms with van der Waals surface area (Å²) >= 11 is 0. The first-order chi connectivity index (χ1) is 15.1. The minimum absolute atomic E-state index is 0.0551. The molecule has 1 N–H and O–H groups in total. The average Bonchev–Trinajstić information content (AvgIpc) is 3.16. The Bertz CT molecular complexity index is 1480. The molecule has 154 valence electrons. The first-order valence-electron chi connectivity index (χ1n) is 10.4. The third kappa shape index (κ3) is 3.10. The normalized spacial score (nSPS) is 11.3. The molecule has 3 aromatic heterocycles. The topological polar surface area (TPSA) is 60.1 Å². The molecule has 31 heavy (non-hydrogen) atoms. The third-order valence-electron chi connectivity index (χ3n) is 5.72. The summed E-state index contributed by atoms with van der Waals surface area (Å²) in [5.41, 5.74) is 6.31. The lowest BCUT2D eigenvalue weighted by Crippen LogP contribution is -2.19. The first-order valence-corrected chi connectivity index (χ1v) is 10.4. The van der Waals surface area contributed by atoms with Gasteiger partial charge in [-0.25, -0.2) is 0 Å². The van der Waals surface area contributed by atoms with Gasteiger partial charge >= 0.3 is 0 Å². The zero-order chi connectivity index (χ0) is 21.5. The summed E-state index contributed by atoms with van der Waals surface area (Å²) < 4.78 is 8.20. The van der Waals surface area contributed by atoms with Gasteiger partial charge in [0.1, 0.15) is 0 Å². The van der Waals surface area contributed by atoms with Gasteiger partial charge in [-0.3, -0.25) is 9.78 Å². The van der Waals surface area contributed by atoms with Crippen molar-refractivity contribution >= 4 is 33.4 Å². The summed E-state index contributed by atoms with van der Waals surface area (Å²) in [7, 11) is 0. The van der Waals surface area contributed by atoms with E-state index in [0.29, 0.717) is 23.4 Å². The predicted molar refractivity (Wildman–Crippen MR) is 126 cm³/mol. The molecule has 5 nitrogen and oxygen atoms in total. The number of hydrogen-bond donors (Lipinski definition) is 1. The highest BCUT2D eigenvalue weighted by Gasteiger charge is 2.23. The number of benzene rings is 2. The largest absolute Gasteiger partial charge is 0.439 e. The van der Waals surface area contributed by atoms with E-state index in [0.717, 1.165) is 33.3 Å². The van der Waals surface area contributed by atoms with Gasteiger partial charge in [0, 0.05) is 30.0 Å². The molecule has 2 aromatic carbocycles. The van der Waals surface area contributed by atoms with Crippen molar-refractivity contribution in [3.63, 3.8) is 0 Å². The van der Waals surface area contributed by atoms with Gasteiger partial charge in [-0.1, -0.05) is 29.8 Å². The highest BCUT2D eigenvalue weighted by atomic mass is 16.4. The highest BCUT2D eigenvalue weighted by molar-refractivity contribution is 6.11. The number of pyridine rings is 2. The van der Waals surface area contributed by atoms with E-state index in [1.165, 1.54) is 5.56 Å². The number of nitrogens with one attached hydrogen (secondary N) is 1. The summed E-state index contributed by atoms with van der Waals surface area (Å²) in [5.74, 6) is 0.559. The zero-order valence-electron chi connectivity index (χ0n) is 17.8. The van der Waals surface area contributed by atoms with Crippen LogP contribution in [0.25, 0.3) is 33.0 Å². The summed E-state index contributed by atoms with van der Waals surface area (Å²) in [6.07, 6.45) is 3.46. The number of rotatable bonds is 4. The lowest BCUT2D eigenvalue weighted by molar-refractivity contribution is 0.637. The van der Waals surface area contributed by atoms with Crippen LogP contribution >= 0.6 is 0 Å².